The average molecular weight is 558 g/mol. The maximum Gasteiger partial charge on any atom is 0.246 e. The Balaban J connectivity index is 0.00000420. The molecule has 210 valence electrons. The van der Waals surface area contributed by atoms with E-state index in [0.29, 0.717) is 38.8 Å². The highest BCUT2D eigenvalue weighted by Gasteiger charge is 2.40. The number of nitrogens with zero attached hydrogens (tertiary/aromatic N) is 2. The van der Waals surface area contributed by atoms with Gasteiger partial charge in [-0.05, 0) is 55.4 Å². The van der Waals surface area contributed by atoms with E-state index >= 15 is 0 Å². The molecule has 4 rings (SSSR count). The predicted molar refractivity (Wildman–Crippen MR) is 148 cm³/mol. The average Bonchev–Trinajstić information content (AvgIpc) is 3.60. The number of hydrogen-bond donors (Lipinski definition) is 4. The van der Waals surface area contributed by atoms with Crippen molar-refractivity contribution >= 4 is 36.0 Å². The van der Waals surface area contributed by atoms with Crippen LogP contribution >= 0.6 is 12.4 Å². The minimum Gasteiger partial charge on any atom is -0.508 e. The van der Waals surface area contributed by atoms with Crippen LogP contribution in [0.4, 0.5) is 0 Å². The van der Waals surface area contributed by atoms with E-state index in [1.165, 1.54) is 21.9 Å². The van der Waals surface area contributed by atoms with Crippen molar-refractivity contribution in [3.63, 3.8) is 0 Å². The van der Waals surface area contributed by atoms with Crippen molar-refractivity contribution < 1.29 is 24.3 Å². The van der Waals surface area contributed by atoms with Gasteiger partial charge in [-0.2, -0.15) is 0 Å². The van der Waals surface area contributed by atoms with E-state index in [2.05, 4.69) is 5.32 Å². The first-order valence-corrected chi connectivity index (χ1v) is 13.0. The number of primary amides is 1. The van der Waals surface area contributed by atoms with Crippen LogP contribution in [0.2, 0.25) is 0 Å². The predicted octanol–water partition coefficient (Wildman–Crippen LogP) is 0.879. The molecule has 11 heteroatoms. The van der Waals surface area contributed by atoms with Gasteiger partial charge in [-0.1, -0.05) is 42.5 Å². The van der Waals surface area contributed by atoms with Crippen LogP contribution < -0.4 is 16.8 Å². The van der Waals surface area contributed by atoms with Gasteiger partial charge in [0.2, 0.25) is 23.6 Å². The van der Waals surface area contributed by atoms with E-state index in [1.807, 2.05) is 30.3 Å². The van der Waals surface area contributed by atoms with Crippen molar-refractivity contribution in [3.8, 4) is 5.75 Å². The van der Waals surface area contributed by atoms with E-state index < -0.39 is 36.0 Å². The highest BCUT2D eigenvalue weighted by Crippen LogP contribution is 2.22. The molecule has 2 aliphatic rings. The fraction of sp³-hybridized carbons (Fsp3) is 0.429. The summed E-state index contributed by atoms with van der Waals surface area (Å²) in [4.78, 5) is 55.1. The quantitative estimate of drug-likeness (QED) is 0.358. The molecular weight excluding hydrogens is 522 g/mol. The first kappa shape index (κ1) is 29.9. The lowest BCUT2D eigenvalue weighted by atomic mass is 10.0. The van der Waals surface area contributed by atoms with Gasteiger partial charge >= 0.3 is 0 Å². The maximum absolute atomic E-state index is 13.6. The van der Waals surface area contributed by atoms with Gasteiger partial charge in [-0.15, -0.1) is 12.4 Å². The second-order valence-electron chi connectivity index (χ2n) is 10.0. The van der Waals surface area contributed by atoms with Crippen LogP contribution in [0.15, 0.2) is 54.6 Å². The fourth-order valence-corrected chi connectivity index (χ4v) is 5.33. The molecule has 2 aliphatic heterocycles. The third-order valence-electron chi connectivity index (χ3n) is 7.31. The first-order chi connectivity index (χ1) is 18.2. The van der Waals surface area contributed by atoms with Crippen molar-refractivity contribution in [2.24, 2.45) is 11.5 Å². The van der Waals surface area contributed by atoms with Crippen LogP contribution in [0.3, 0.4) is 0 Å². The number of rotatable bonds is 9. The van der Waals surface area contributed by atoms with Crippen LogP contribution in [-0.4, -0.2) is 75.8 Å². The van der Waals surface area contributed by atoms with Crippen LogP contribution in [0.1, 0.15) is 36.8 Å². The van der Waals surface area contributed by atoms with Crippen molar-refractivity contribution in [1.82, 2.24) is 15.1 Å². The zero-order chi connectivity index (χ0) is 27.2. The molecule has 0 saturated carbocycles. The number of nitrogens with one attached hydrogen (secondary N) is 1. The first-order valence-electron chi connectivity index (χ1n) is 13.0. The van der Waals surface area contributed by atoms with Gasteiger partial charge in [0.25, 0.3) is 0 Å². The summed E-state index contributed by atoms with van der Waals surface area (Å²) in [6.45, 7) is 0.793. The Kier molecular flexibility index (Phi) is 10.3. The molecule has 2 heterocycles. The molecule has 6 N–H and O–H groups in total. The summed E-state index contributed by atoms with van der Waals surface area (Å²) in [6.07, 6.45) is 2.77. The Morgan fingerprint density at radius 3 is 2.03 bits per heavy atom. The molecule has 10 nitrogen and oxygen atoms in total. The number of phenols is 1. The van der Waals surface area contributed by atoms with E-state index in [4.69, 9.17) is 11.5 Å². The molecule has 0 aromatic heterocycles. The van der Waals surface area contributed by atoms with Crippen LogP contribution in [0.5, 0.6) is 5.75 Å². The second-order valence-corrected chi connectivity index (χ2v) is 10.0. The Bertz CT molecular complexity index is 1160. The molecule has 2 fully saturated rings. The lowest BCUT2D eigenvalue weighted by Crippen LogP contribution is -2.57. The van der Waals surface area contributed by atoms with Crippen molar-refractivity contribution in [2.75, 3.05) is 13.1 Å². The molecular formula is C28H36ClN5O5. The summed E-state index contributed by atoms with van der Waals surface area (Å²) in [6, 6.07) is 12.6. The number of hydrogen-bond acceptors (Lipinski definition) is 6. The van der Waals surface area contributed by atoms with Crippen molar-refractivity contribution in [1.29, 1.82) is 0 Å². The molecule has 39 heavy (non-hydrogen) atoms. The minimum absolute atomic E-state index is 0. The summed E-state index contributed by atoms with van der Waals surface area (Å²) < 4.78 is 0. The number of carbonyl (C=O) groups is 4. The molecule has 4 atom stereocenters. The lowest BCUT2D eigenvalue weighted by Gasteiger charge is -2.31. The normalized spacial score (nSPS) is 20.1. The maximum atomic E-state index is 13.6. The van der Waals surface area contributed by atoms with E-state index in [-0.39, 0.29) is 42.8 Å². The van der Waals surface area contributed by atoms with Crippen LogP contribution in [-0.2, 0) is 32.0 Å². The number of likely N-dealkylation sites (tertiary alicyclic amines) is 2. The monoisotopic (exact) mass is 557 g/mol. The smallest absolute Gasteiger partial charge is 0.246 e. The highest BCUT2D eigenvalue weighted by atomic mass is 35.5. The molecule has 2 aromatic carbocycles. The summed E-state index contributed by atoms with van der Waals surface area (Å²) >= 11 is 0. The van der Waals surface area contributed by atoms with E-state index in [0.717, 1.165) is 11.1 Å². The molecule has 2 saturated heterocycles. The van der Waals surface area contributed by atoms with Crippen molar-refractivity contribution in [2.45, 2.75) is 62.7 Å². The lowest BCUT2D eigenvalue weighted by molar-refractivity contribution is -0.143. The third-order valence-corrected chi connectivity index (χ3v) is 7.31. The molecule has 0 bridgehead atoms. The standard InChI is InChI=1S/C28H35N5O5.ClH/c29-21(16-19-10-12-20(34)13-11-19)27(37)33-15-5-9-24(33)26(36)31-22(17-18-6-2-1-3-7-18)28(38)32-14-4-8-23(32)25(30)35;/h1-3,6-7,10-13,21-24,34H,4-5,8-9,14-17,29H2,(H2,30,35)(H,31,36);1H/t21-,22-,23-,24-;/m0./s1. The number of benzene rings is 2. The largest absolute Gasteiger partial charge is 0.508 e. The van der Waals surface area contributed by atoms with E-state index in [9.17, 15) is 24.3 Å². The molecule has 0 aliphatic carbocycles. The zero-order valence-electron chi connectivity index (χ0n) is 21.7. The third kappa shape index (κ3) is 7.27. The van der Waals surface area contributed by atoms with Gasteiger partial charge in [-0.25, -0.2) is 0 Å². The fourth-order valence-electron chi connectivity index (χ4n) is 5.33. The van der Waals surface area contributed by atoms with E-state index in [1.54, 1.807) is 12.1 Å². The number of carbonyl (C=O) groups excluding carboxylic acids is 4. The van der Waals surface area contributed by atoms with Gasteiger partial charge in [0, 0.05) is 19.5 Å². The second kappa shape index (κ2) is 13.4. The zero-order valence-corrected chi connectivity index (χ0v) is 22.5. The summed E-state index contributed by atoms with van der Waals surface area (Å²) in [5.74, 6) is -1.55. The van der Waals surface area contributed by atoms with Gasteiger partial charge in [0.15, 0.2) is 0 Å². The molecule has 4 amide bonds. The summed E-state index contributed by atoms with van der Waals surface area (Å²) in [5.41, 5.74) is 13.4. The Hall–Kier alpha value is -3.63. The number of aromatic hydroxyl groups is 1. The Labute approximate surface area is 234 Å². The van der Waals surface area contributed by atoms with Crippen molar-refractivity contribution in [3.05, 3.63) is 65.7 Å². The molecule has 0 unspecified atom stereocenters. The van der Waals surface area contributed by atoms with Crippen LogP contribution in [0, 0.1) is 0 Å². The Morgan fingerprint density at radius 1 is 0.846 bits per heavy atom. The SMILES string of the molecule is Cl.NC(=O)[C@@H]1CCCN1C(=O)[C@H](Cc1ccccc1)NC(=O)[C@@H]1CCCN1C(=O)[C@@H](N)Cc1ccc(O)cc1. The number of amides is 4. The molecule has 0 radical (unpaired) electrons. The highest BCUT2D eigenvalue weighted by molar-refractivity contribution is 5.95. The number of halogens is 1. The summed E-state index contributed by atoms with van der Waals surface area (Å²) in [7, 11) is 0. The van der Waals surface area contributed by atoms with Gasteiger partial charge < -0.3 is 31.7 Å². The van der Waals surface area contributed by atoms with Gasteiger partial charge in [0.1, 0.15) is 23.9 Å². The number of phenolic OH excluding ortho intramolecular Hbond substituents is 1. The minimum atomic E-state index is -0.909. The summed E-state index contributed by atoms with van der Waals surface area (Å²) in [5, 5.41) is 12.4. The Morgan fingerprint density at radius 2 is 1.41 bits per heavy atom. The number of nitrogens with two attached hydrogens (primary N) is 2. The molecule has 2 aromatic rings. The molecule has 0 spiro atoms. The van der Waals surface area contributed by atoms with Gasteiger partial charge in [0.05, 0.1) is 6.04 Å². The van der Waals surface area contributed by atoms with Gasteiger partial charge in [-0.3, -0.25) is 19.2 Å². The van der Waals surface area contributed by atoms with Crippen LogP contribution in [0.25, 0.3) is 0 Å². The topological polar surface area (TPSA) is 159 Å².